The summed E-state index contributed by atoms with van der Waals surface area (Å²) in [4.78, 5) is 13.6. The molecule has 1 aromatic carbocycles. The second-order valence-electron chi connectivity index (χ2n) is 6.33. The van der Waals surface area contributed by atoms with Crippen molar-refractivity contribution >= 4 is 5.84 Å². The summed E-state index contributed by atoms with van der Waals surface area (Å²) in [5.41, 5.74) is 5.92. The molecule has 1 aliphatic heterocycles. The predicted molar refractivity (Wildman–Crippen MR) is 92.9 cm³/mol. The van der Waals surface area contributed by atoms with Crippen LogP contribution in [0.3, 0.4) is 0 Å². The van der Waals surface area contributed by atoms with Crippen molar-refractivity contribution in [2.45, 2.75) is 25.3 Å². The Morgan fingerprint density at radius 2 is 2.23 bits per heavy atom. The number of aliphatic imine (C=N–C) groups is 1. The van der Waals surface area contributed by atoms with Gasteiger partial charge in [0, 0.05) is 11.5 Å². The van der Waals surface area contributed by atoms with Crippen molar-refractivity contribution < 1.29 is 9.26 Å². The van der Waals surface area contributed by atoms with Crippen molar-refractivity contribution in [3.8, 4) is 23.0 Å². The van der Waals surface area contributed by atoms with Crippen molar-refractivity contribution in [1.82, 2.24) is 25.1 Å². The third-order valence-electron chi connectivity index (χ3n) is 4.70. The number of nitrogens with one attached hydrogen (secondary N) is 1. The van der Waals surface area contributed by atoms with E-state index in [0.717, 1.165) is 41.4 Å². The lowest BCUT2D eigenvalue weighted by Crippen LogP contribution is -2.31. The Morgan fingerprint density at radius 3 is 3.00 bits per heavy atom. The SMILES string of the molecule is COc1ccc2c(c1)C(NN)=NCc1c(-c3nc(C4CC4)no3)ncn1-2. The number of nitrogens with zero attached hydrogens (tertiary/aromatic N) is 5. The van der Waals surface area contributed by atoms with Gasteiger partial charge in [-0.05, 0) is 31.0 Å². The summed E-state index contributed by atoms with van der Waals surface area (Å²) in [5.74, 6) is 8.60. The van der Waals surface area contributed by atoms with E-state index in [0.29, 0.717) is 29.9 Å². The first-order valence-electron chi connectivity index (χ1n) is 8.38. The lowest BCUT2D eigenvalue weighted by molar-refractivity contribution is 0.414. The Balaban J connectivity index is 1.64. The van der Waals surface area contributed by atoms with Gasteiger partial charge in [0.05, 0.1) is 25.0 Å². The fourth-order valence-electron chi connectivity index (χ4n) is 3.15. The Morgan fingerprint density at radius 1 is 1.35 bits per heavy atom. The molecule has 0 saturated heterocycles. The van der Waals surface area contributed by atoms with Crippen molar-refractivity contribution in [1.29, 1.82) is 0 Å². The van der Waals surface area contributed by atoms with Gasteiger partial charge in [-0.1, -0.05) is 5.16 Å². The number of ether oxygens (including phenoxy) is 1. The minimum absolute atomic E-state index is 0.382. The molecule has 26 heavy (non-hydrogen) atoms. The number of aromatic nitrogens is 4. The largest absolute Gasteiger partial charge is 0.497 e. The molecule has 5 rings (SSSR count). The number of hydrazine groups is 1. The zero-order valence-corrected chi connectivity index (χ0v) is 14.1. The number of methoxy groups -OCH3 is 1. The van der Waals surface area contributed by atoms with Crippen molar-refractivity contribution in [2.24, 2.45) is 10.8 Å². The van der Waals surface area contributed by atoms with Gasteiger partial charge in [-0.15, -0.1) is 0 Å². The molecule has 9 nitrogen and oxygen atoms in total. The molecule has 3 aromatic rings. The zero-order valence-electron chi connectivity index (χ0n) is 14.1. The van der Waals surface area contributed by atoms with Gasteiger partial charge in [-0.25, -0.2) is 10.8 Å². The maximum Gasteiger partial charge on any atom is 0.278 e. The highest BCUT2D eigenvalue weighted by Gasteiger charge is 2.30. The second-order valence-corrected chi connectivity index (χ2v) is 6.33. The third kappa shape index (κ3) is 2.28. The average Bonchev–Trinajstić information content (AvgIpc) is 3.30. The minimum Gasteiger partial charge on any atom is -0.497 e. The molecule has 0 amide bonds. The van der Waals surface area contributed by atoms with Crippen LogP contribution < -0.4 is 16.0 Å². The molecule has 0 radical (unpaired) electrons. The molecule has 0 bridgehead atoms. The number of benzene rings is 1. The van der Waals surface area contributed by atoms with Crippen LogP contribution in [-0.2, 0) is 6.54 Å². The number of fused-ring (bicyclic) bond motifs is 3. The highest BCUT2D eigenvalue weighted by atomic mass is 16.5. The van der Waals surface area contributed by atoms with Crippen LogP contribution in [0.25, 0.3) is 17.3 Å². The fourth-order valence-corrected chi connectivity index (χ4v) is 3.15. The smallest absolute Gasteiger partial charge is 0.278 e. The molecule has 9 heteroatoms. The molecule has 1 fully saturated rings. The zero-order chi connectivity index (χ0) is 17.7. The Labute approximate surface area is 148 Å². The Hall–Kier alpha value is -3.20. The number of hydrogen-bond donors (Lipinski definition) is 2. The van der Waals surface area contributed by atoms with E-state index in [-0.39, 0.29) is 0 Å². The van der Waals surface area contributed by atoms with Crippen molar-refractivity contribution in [2.75, 3.05) is 7.11 Å². The molecule has 2 aliphatic rings. The van der Waals surface area contributed by atoms with E-state index < -0.39 is 0 Å². The molecular weight excluding hydrogens is 334 g/mol. The van der Waals surface area contributed by atoms with E-state index in [9.17, 15) is 0 Å². The lowest BCUT2D eigenvalue weighted by Gasteiger charge is -2.12. The molecule has 3 heterocycles. The van der Waals surface area contributed by atoms with E-state index >= 15 is 0 Å². The first-order chi connectivity index (χ1) is 12.8. The third-order valence-corrected chi connectivity index (χ3v) is 4.70. The van der Waals surface area contributed by atoms with Gasteiger partial charge in [0.15, 0.2) is 11.5 Å². The number of rotatable bonds is 3. The Kier molecular flexibility index (Phi) is 3.29. The summed E-state index contributed by atoms with van der Waals surface area (Å²) in [6, 6.07) is 5.73. The van der Waals surface area contributed by atoms with Crippen molar-refractivity contribution in [3.05, 3.63) is 41.6 Å². The maximum atomic E-state index is 5.69. The van der Waals surface area contributed by atoms with Gasteiger partial charge < -0.3 is 14.7 Å². The van der Waals surface area contributed by atoms with Gasteiger partial charge in [-0.2, -0.15) is 4.98 Å². The predicted octanol–water partition coefficient (Wildman–Crippen LogP) is 1.53. The van der Waals surface area contributed by atoms with Gasteiger partial charge in [-0.3, -0.25) is 9.56 Å². The van der Waals surface area contributed by atoms with E-state index in [1.54, 1.807) is 13.4 Å². The van der Waals surface area contributed by atoms with E-state index in [1.807, 2.05) is 22.8 Å². The van der Waals surface area contributed by atoms with Crippen LogP contribution in [0.1, 0.15) is 35.8 Å². The molecule has 3 N–H and O–H groups in total. The fraction of sp³-hybridized carbons (Fsp3) is 0.294. The second kappa shape index (κ2) is 5.67. The monoisotopic (exact) mass is 351 g/mol. The molecule has 132 valence electrons. The van der Waals surface area contributed by atoms with Crippen LogP contribution in [0.4, 0.5) is 0 Å². The van der Waals surface area contributed by atoms with Crippen LogP contribution in [0.15, 0.2) is 34.0 Å². The van der Waals surface area contributed by atoms with Gasteiger partial charge >= 0.3 is 0 Å². The molecule has 0 unspecified atom stereocenters. The maximum absolute atomic E-state index is 5.69. The minimum atomic E-state index is 0.382. The van der Waals surface area contributed by atoms with E-state index in [1.165, 1.54) is 0 Å². The van der Waals surface area contributed by atoms with Gasteiger partial charge in [0.2, 0.25) is 0 Å². The molecular formula is C17H17N7O2. The lowest BCUT2D eigenvalue weighted by atomic mass is 10.1. The summed E-state index contributed by atoms with van der Waals surface area (Å²) in [6.07, 6.45) is 3.97. The van der Waals surface area contributed by atoms with Crippen LogP contribution >= 0.6 is 0 Å². The summed E-state index contributed by atoms with van der Waals surface area (Å²) in [6.45, 7) is 0.382. The van der Waals surface area contributed by atoms with Crippen molar-refractivity contribution in [3.63, 3.8) is 0 Å². The first-order valence-corrected chi connectivity index (χ1v) is 8.38. The van der Waals surface area contributed by atoms with Crippen LogP contribution in [0.5, 0.6) is 5.75 Å². The average molecular weight is 351 g/mol. The Bertz CT molecular complexity index is 1020. The summed E-state index contributed by atoms with van der Waals surface area (Å²) >= 11 is 0. The number of imidazole rings is 1. The number of nitrogens with two attached hydrogens (primary N) is 1. The molecule has 1 saturated carbocycles. The molecule has 0 spiro atoms. The van der Waals surface area contributed by atoms with Crippen LogP contribution in [-0.4, -0.2) is 32.6 Å². The van der Waals surface area contributed by atoms with E-state index in [4.69, 9.17) is 15.1 Å². The number of amidine groups is 1. The topological polar surface area (TPSA) is 116 Å². The molecule has 0 atom stereocenters. The van der Waals surface area contributed by atoms with Crippen LogP contribution in [0, 0.1) is 0 Å². The summed E-state index contributed by atoms with van der Waals surface area (Å²) < 4.78 is 12.7. The number of hydrogen-bond acceptors (Lipinski definition) is 8. The normalized spacial score (nSPS) is 15.7. The van der Waals surface area contributed by atoms with Gasteiger partial charge in [0.25, 0.3) is 5.89 Å². The first kappa shape index (κ1) is 15.1. The van der Waals surface area contributed by atoms with Crippen LogP contribution in [0.2, 0.25) is 0 Å². The quantitative estimate of drug-likeness (QED) is 0.543. The summed E-state index contributed by atoms with van der Waals surface area (Å²) in [5, 5.41) is 4.08. The molecule has 1 aliphatic carbocycles. The highest BCUT2D eigenvalue weighted by molar-refractivity contribution is 6.02. The molecule has 2 aromatic heterocycles. The standard InChI is InChI=1S/C17H17N7O2/c1-25-10-4-5-12-11(6-10)16(22-18)19-7-13-14(20-8-24(12)13)17-21-15(23-26-17)9-2-3-9/h4-6,8-9H,2-3,7,18H2,1H3,(H,19,22). The van der Waals surface area contributed by atoms with Gasteiger partial charge in [0.1, 0.15) is 17.9 Å². The highest BCUT2D eigenvalue weighted by Crippen LogP contribution is 2.39. The summed E-state index contributed by atoms with van der Waals surface area (Å²) in [7, 11) is 1.62. The van der Waals surface area contributed by atoms with E-state index in [2.05, 4.69) is 25.5 Å².